The molecule has 0 saturated heterocycles. The molecule has 0 bridgehead atoms. The van der Waals surface area contributed by atoms with Crippen molar-refractivity contribution in [3.05, 3.63) is 23.8 Å². The van der Waals surface area contributed by atoms with Crippen LogP contribution in [0.1, 0.15) is 5.56 Å². The molecule has 0 fully saturated rings. The molecule has 0 aliphatic heterocycles. The molecule has 0 saturated carbocycles. The molecule has 1 N–H and O–H groups in total. The van der Waals surface area contributed by atoms with E-state index in [1.807, 2.05) is 0 Å². The van der Waals surface area contributed by atoms with Crippen LogP contribution in [0.4, 0.5) is 17.1 Å². The number of hydrogen-bond donors (Lipinski definition) is 1. The zero-order chi connectivity index (χ0) is 11.9. The first-order chi connectivity index (χ1) is 6.62. The van der Waals surface area contributed by atoms with E-state index < -0.39 is 32.6 Å². The Hall–Kier alpha value is -1.31. The third-order valence-electron chi connectivity index (χ3n) is 1.55. The maximum atomic E-state index is 12.4. The van der Waals surface area contributed by atoms with E-state index in [1.54, 1.807) is 0 Å². The minimum absolute atomic E-state index is 0.0324. The Balaban J connectivity index is 3.43. The molecule has 0 heterocycles. The molecule has 1 aromatic rings. The third kappa shape index (κ3) is 2.58. The molecular weight excluding hydrogens is 240 g/mol. The summed E-state index contributed by atoms with van der Waals surface area (Å²) in [6.07, 6.45) is -4.80. The summed E-state index contributed by atoms with van der Waals surface area (Å²) in [5.41, 5.74) is -1.35. The van der Waals surface area contributed by atoms with Gasteiger partial charge in [0.1, 0.15) is 10.6 Å². The maximum Gasteiger partial charge on any atom is 0.416 e. The first-order valence-corrected chi connectivity index (χ1v) is 4.85. The van der Waals surface area contributed by atoms with Gasteiger partial charge < -0.3 is 5.11 Å². The number of phenolic OH excluding ortho intramolecular Hbond substituents is 1. The van der Waals surface area contributed by atoms with Gasteiger partial charge in [-0.1, -0.05) is 0 Å². The standard InChI is InChI=1S/C7H4F4O3S/c8-7(9,10)4-1-2-5(12)6(3-4)15(11,13)14/h1-3,12H. The lowest BCUT2D eigenvalue weighted by Gasteiger charge is -2.07. The van der Waals surface area contributed by atoms with Crippen LogP contribution >= 0.6 is 0 Å². The average Bonchev–Trinajstić information content (AvgIpc) is 2.00. The molecule has 84 valence electrons. The van der Waals surface area contributed by atoms with Crippen LogP contribution in [0.25, 0.3) is 0 Å². The normalized spacial score (nSPS) is 12.8. The number of phenols is 1. The van der Waals surface area contributed by atoms with Gasteiger partial charge in [0.25, 0.3) is 0 Å². The zero-order valence-corrected chi connectivity index (χ0v) is 7.73. The van der Waals surface area contributed by atoms with E-state index in [4.69, 9.17) is 5.11 Å². The topological polar surface area (TPSA) is 54.4 Å². The Morgan fingerprint density at radius 2 is 1.73 bits per heavy atom. The van der Waals surface area contributed by atoms with Gasteiger partial charge in [0.05, 0.1) is 5.56 Å². The van der Waals surface area contributed by atoms with Gasteiger partial charge in [-0.05, 0) is 18.2 Å². The van der Waals surface area contributed by atoms with Gasteiger partial charge in [-0.2, -0.15) is 21.6 Å². The number of alkyl halides is 3. The van der Waals surface area contributed by atoms with Crippen molar-refractivity contribution >= 4 is 10.2 Å². The first kappa shape index (κ1) is 11.8. The van der Waals surface area contributed by atoms with Gasteiger partial charge in [-0.3, -0.25) is 0 Å². The van der Waals surface area contributed by atoms with Gasteiger partial charge in [0.2, 0.25) is 0 Å². The van der Waals surface area contributed by atoms with Crippen molar-refractivity contribution in [2.24, 2.45) is 0 Å². The minimum Gasteiger partial charge on any atom is -0.506 e. The lowest BCUT2D eigenvalue weighted by molar-refractivity contribution is -0.137. The van der Waals surface area contributed by atoms with Gasteiger partial charge in [-0.25, -0.2) is 0 Å². The zero-order valence-electron chi connectivity index (χ0n) is 6.92. The lowest BCUT2D eigenvalue weighted by Crippen LogP contribution is -2.06. The largest absolute Gasteiger partial charge is 0.506 e. The van der Waals surface area contributed by atoms with E-state index in [0.717, 1.165) is 0 Å². The van der Waals surface area contributed by atoms with Crippen LogP contribution in [0.2, 0.25) is 0 Å². The van der Waals surface area contributed by atoms with Crippen molar-refractivity contribution in [1.29, 1.82) is 0 Å². The van der Waals surface area contributed by atoms with Crippen LogP contribution in [0, 0.1) is 0 Å². The van der Waals surface area contributed by atoms with Crippen LogP contribution in [-0.2, 0) is 16.4 Å². The van der Waals surface area contributed by atoms with Crippen molar-refractivity contribution in [3.8, 4) is 5.75 Å². The highest BCUT2D eigenvalue weighted by atomic mass is 32.3. The molecule has 3 nitrogen and oxygen atoms in total. The number of hydrogen-bond acceptors (Lipinski definition) is 3. The molecule has 1 aromatic carbocycles. The molecule has 0 unspecified atom stereocenters. The Bertz CT molecular complexity index is 477. The van der Waals surface area contributed by atoms with Crippen molar-refractivity contribution in [2.75, 3.05) is 0 Å². The van der Waals surface area contributed by atoms with Crippen LogP contribution in [0.5, 0.6) is 5.75 Å². The number of halogens is 4. The molecule has 0 radical (unpaired) electrons. The Labute approximate surface area is 82.2 Å². The van der Waals surface area contributed by atoms with Gasteiger partial charge in [0, 0.05) is 0 Å². The Kier molecular flexibility index (Phi) is 2.64. The number of rotatable bonds is 1. The minimum atomic E-state index is -5.37. The maximum absolute atomic E-state index is 12.4. The van der Waals surface area contributed by atoms with Crippen molar-refractivity contribution in [1.82, 2.24) is 0 Å². The molecule has 1 rings (SSSR count). The fourth-order valence-electron chi connectivity index (χ4n) is 0.886. The van der Waals surface area contributed by atoms with E-state index in [0.29, 0.717) is 12.1 Å². The van der Waals surface area contributed by atoms with Crippen LogP contribution in [0.15, 0.2) is 23.1 Å². The fourth-order valence-corrected chi connectivity index (χ4v) is 1.47. The highest BCUT2D eigenvalue weighted by molar-refractivity contribution is 7.86. The summed E-state index contributed by atoms with van der Waals surface area (Å²) in [6, 6.07) is 0.948. The van der Waals surface area contributed by atoms with E-state index >= 15 is 0 Å². The highest BCUT2D eigenvalue weighted by Gasteiger charge is 2.32. The summed E-state index contributed by atoms with van der Waals surface area (Å²) in [7, 11) is -5.37. The van der Waals surface area contributed by atoms with Gasteiger partial charge in [-0.15, -0.1) is 3.89 Å². The predicted octanol–water partition coefficient (Wildman–Crippen LogP) is 2.07. The molecule has 8 heteroatoms. The second-order valence-corrected chi connectivity index (χ2v) is 3.93. The summed E-state index contributed by atoms with van der Waals surface area (Å²) in [6.45, 7) is 0. The van der Waals surface area contributed by atoms with Crippen molar-refractivity contribution in [2.45, 2.75) is 11.1 Å². The average molecular weight is 244 g/mol. The SMILES string of the molecule is O=S(=O)(F)c1cc(C(F)(F)F)ccc1O. The van der Waals surface area contributed by atoms with E-state index in [9.17, 15) is 25.5 Å². The summed E-state index contributed by atoms with van der Waals surface area (Å²) < 4.78 is 69.3. The van der Waals surface area contributed by atoms with Crippen LogP contribution < -0.4 is 0 Å². The molecule has 0 aliphatic carbocycles. The van der Waals surface area contributed by atoms with E-state index in [2.05, 4.69) is 0 Å². The summed E-state index contributed by atoms with van der Waals surface area (Å²) in [5.74, 6) is -1.06. The van der Waals surface area contributed by atoms with Gasteiger partial charge in [0.15, 0.2) is 0 Å². The van der Waals surface area contributed by atoms with Crippen molar-refractivity contribution < 1.29 is 30.6 Å². The molecular formula is C7H4F4O3S. The molecule has 0 aliphatic rings. The summed E-state index contributed by atoms with van der Waals surface area (Å²) in [4.78, 5) is -1.39. The molecule has 0 amide bonds. The van der Waals surface area contributed by atoms with Crippen LogP contribution in [-0.4, -0.2) is 13.5 Å². The predicted molar refractivity (Wildman–Crippen MR) is 41.4 cm³/mol. The molecule has 15 heavy (non-hydrogen) atoms. The highest BCUT2D eigenvalue weighted by Crippen LogP contribution is 2.34. The second-order valence-electron chi connectivity index (χ2n) is 2.62. The third-order valence-corrected chi connectivity index (χ3v) is 2.40. The second kappa shape index (κ2) is 3.37. The summed E-state index contributed by atoms with van der Waals surface area (Å²) >= 11 is 0. The van der Waals surface area contributed by atoms with E-state index in [1.165, 1.54) is 0 Å². The fraction of sp³-hybridized carbons (Fsp3) is 0.143. The van der Waals surface area contributed by atoms with Crippen LogP contribution in [0.3, 0.4) is 0 Å². The van der Waals surface area contributed by atoms with E-state index in [-0.39, 0.29) is 6.07 Å². The van der Waals surface area contributed by atoms with Gasteiger partial charge >= 0.3 is 16.4 Å². The molecule has 0 aromatic heterocycles. The quantitative estimate of drug-likeness (QED) is 0.607. The Morgan fingerprint density at radius 1 is 1.20 bits per heavy atom. The monoisotopic (exact) mass is 244 g/mol. The smallest absolute Gasteiger partial charge is 0.416 e. The number of benzene rings is 1. The Morgan fingerprint density at radius 3 is 2.13 bits per heavy atom. The lowest BCUT2D eigenvalue weighted by atomic mass is 10.2. The molecule has 0 spiro atoms. The number of aromatic hydroxyl groups is 1. The first-order valence-electron chi connectivity index (χ1n) is 3.47. The van der Waals surface area contributed by atoms with Crippen molar-refractivity contribution in [3.63, 3.8) is 0 Å². The summed E-state index contributed by atoms with van der Waals surface area (Å²) in [5, 5.41) is 8.85. The molecule has 0 atom stereocenters.